The van der Waals surface area contributed by atoms with E-state index in [1.807, 2.05) is 6.20 Å². The van der Waals surface area contributed by atoms with Crippen LogP contribution in [0.2, 0.25) is 0 Å². The molecule has 1 fully saturated rings. The summed E-state index contributed by atoms with van der Waals surface area (Å²) in [6.07, 6.45) is 7.37. The van der Waals surface area contributed by atoms with Gasteiger partial charge in [0, 0.05) is 31.0 Å². The third-order valence-electron chi connectivity index (χ3n) is 4.66. The van der Waals surface area contributed by atoms with Crippen molar-refractivity contribution in [2.24, 2.45) is 0 Å². The Morgan fingerprint density at radius 3 is 2.68 bits per heavy atom. The molecule has 0 unspecified atom stereocenters. The zero-order chi connectivity index (χ0) is 15.2. The van der Waals surface area contributed by atoms with Crippen LogP contribution < -0.4 is 0 Å². The summed E-state index contributed by atoms with van der Waals surface area (Å²) in [7, 11) is 2.22. The molecule has 1 aliphatic rings. The number of aromatic amines is 1. The van der Waals surface area contributed by atoms with Crippen molar-refractivity contribution in [2.45, 2.75) is 31.8 Å². The molecule has 0 aliphatic carbocycles. The molecule has 0 radical (unpaired) electrons. The van der Waals surface area contributed by atoms with Crippen LogP contribution in [-0.4, -0.2) is 52.5 Å². The van der Waals surface area contributed by atoms with Gasteiger partial charge in [0.15, 0.2) is 0 Å². The van der Waals surface area contributed by atoms with E-state index in [0.29, 0.717) is 6.04 Å². The van der Waals surface area contributed by atoms with Crippen LogP contribution in [0, 0.1) is 0 Å². The van der Waals surface area contributed by atoms with Gasteiger partial charge >= 0.3 is 0 Å². The molecule has 118 valence electrons. The van der Waals surface area contributed by atoms with E-state index in [-0.39, 0.29) is 0 Å². The van der Waals surface area contributed by atoms with Crippen molar-refractivity contribution in [3.8, 4) is 0 Å². The van der Waals surface area contributed by atoms with Crippen molar-refractivity contribution in [3.63, 3.8) is 0 Å². The van der Waals surface area contributed by atoms with E-state index in [1.165, 1.54) is 37.2 Å². The molecule has 0 amide bonds. The molecule has 2 aromatic rings. The zero-order valence-corrected chi connectivity index (χ0v) is 13.4. The number of nitrogens with zero attached hydrogens (tertiary/aromatic N) is 3. The lowest BCUT2D eigenvalue weighted by Crippen LogP contribution is -2.44. The highest BCUT2D eigenvalue weighted by Crippen LogP contribution is 2.18. The standard InChI is InChI=1S/C18H26N4/c1-21-10-8-18(9-11-21)22(14-17-13-19-15-20-17)12-7-16-5-3-2-4-6-16/h2-6,13,15,18H,7-12,14H2,1H3,(H,19,20). The number of hydrogen-bond acceptors (Lipinski definition) is 3. The van der Waals surface area contributed by atoms with Gasteiger partial charge in [0.2, 0.25) is 0 Å². The molecule has 22 heavy (non-hydrogen) atoms. The molecule has 1 aromatic heterocycles. The number of aromatic nitrogens is 2. The molecule has 0 bridgehead atoms. The fourth-order valence-electron chi connectivity index (χ4n) is 3.26. The van der Waals surface area contributed by atoms with Crippen LogP contribution in [0.25, 0.3) is 0 Å². The van der Waals surface area contributed by atoms with Crippen LogP contribution in [0.1, 0.15) is 24.1 Å². The van der Waals surface area contributed by atoms with Gasteiger partial charge in [0.05, 0.1) is 6.33 Å². The second kappa shape index (κ2) is 7.56. The quantitative estimate of drug-likeness (QED) is 0.890. The Hall–Kier alpha value is -1.65. The van der Waals surface area contributed by atoms with Gasteiger partial charge in [-0.05, 0) is 45.0 Å². The Morgan fingerprint density at radius 1 is 1.23 bits per heavy atom. The number of H-pyrrole nitrogens is 1. The molecule has 2 heterocycles. The summed E-state index contributed by atoms with van der Waals surface area (Å²) in [5, 5.41) is 0. The monoisotopic (exact) mass is 298 g/mol. The third kappa shape index (κ3) is 4.18. The van der Waals surface area contributed by atoms with Crippen LogP contribution >= 0.6 is 0 Å². The second-order valence-electron chi connectivity index (χ2n) is 6.32. The molecule has 1 N–H and O–H groups in total. The maximum Gasteiger partial charge on any atom is 0.0922 e. The second-order valence-corrected chi connectivity index (χ2v) is 6.32. The van der Waals surface area contributed by atoms with Gasteiger partial charge < -0.3 is 9.88 Å². The van der Waals surface area contributed by atoms with Crippen molar-refractivity contribution < 1.29 is 0 Å². The minimum absolute atomic E-state index is 0.684. The first-order valence-electron chi connectivity index (χ1n) is 8.25. The Morgan fingerprint density at radius 2 is 2.00 bits per heavy atom. The number of hydrogen-bond donors (Lipinski definition) is 1. The van der Waals surface area contributed by atoms with Crippen molar-refractivity contribution in [1.29, 1.82) is 0 Å². The summed E-state index contributed by atoms with van der Waals surface area (Å²) in [5.74, 6) is 0. The summed E-state index contributed by atoms with van der Waals surface area (Å²) in [5.41, 5.74) is 2.64. The molecule has 3 rings (SSSR count). The van der Waals surface area contributed by atoms with Gasteiger partial charge in [-0.1, -0.05) is 30.3 Å². The normalized spacial score (nSPS) is 17.2. The molecule has 1 aliphatic heterocycles. The van der Waals surface area contributed by atoms with Gasteiger partial charge in [0.1, 0.15) is 0 Å². The molecule has 4 nitrogen and oxygen atoms in total. The van der Waals surface area contributed by atoms with Gasteiger partial charge in [-0.25, -0.2) is 4.98 Å². The Bertz CT molecular complexity index is 529. The minimum Gasteiger partial charge on any atom is -0.347 e. The number of benzene rings is 1. The third-order valence-corrected chi connectivity index (χ3v) is 4.66. The van der Waals surface area contributed by atoms with E-state index in [2.05, 4.69) is 57.1 Å². The molecule has 1 saturated heterocycles. The van der Waals surface area contributed by atoms with E-state index >= 15 is 0 Å². The van der Waals surface area contributed by atoms with Crippen LogP contribution in [0.15, 0.2) is 42.9 Å². The van der Waals surface area contributed by atoms with E-state index < -0.39 is 0 Å². The van der Waals surface area contributed by atoms with E-state index in [1.54, 1.807) is 6.33 Å². The van der Waals surface area contributed by atoms with E-state index in [0.717, 1.165) is 19.5 Å². The van der Waals surface area contributed by atoms with Crippen LogP contribution in [0.4, 0.5) is 0 Å². The smallest absolute Gasteiger partial charge is 0.0922 e. The average Bonchev–Trinajstić information content (AvgIpc) is 3.06. The Labute approximate surface area is 133 Å². The lowest BCUT2D eigenvalue weighted by Gasteiger charge is -2.37. The predicted octanol–water partition coefficient (Wildman–Crippen LogP) is 2.55. The minimum atomic E-state index is 0.684. The summed E-state index contributed by atoms with van der Waals surface area (Å²) in [6.45, 7) is 4.49. The van der Waals surface area contributed by atoms with Gasteiger partial charge in [-0.2, -0.15) is 0 Å². The first-order chi connectivity index (χ1) is 10.8. The van der Waals surface area contributed by atoms with Crippen molar-refractivity contribution in [2.75, 3.05) is 26.7 Å². The highest BCUT2D eigenvalue weighted by atomic mass is 15.2. The summed E-state index contributed by atoms with van der Waals surface area (Å²) in [4.78, 5) is 12.5. The highest BCUT2D eigenvalue weighted by Gasteiger charge is 2.23. The maximum absolute atomic E-state index is 4.16. The first kappa shape index (κ1) is 15.3. The predicted molar refractivity (Wildman–Crippen MR) is 89.7 cm³/mol. The van der Waals surface area contributed by atoms with Crippen LogP contribution in [0.3, 0.4) is 0 Å². The average molecular weight is 298 g/mol. The molecular weight excluding hydrogens is 272 g/mol. The number of piperidine rings is 1. The van der Waals surface area contributed by atoms with Crippen LogP contribution in [0.5, 0.6) is 0 Å². The molecule has 0 spiro atoms. The van der Waals surface area contributed by atoms with Gasteiger partial charge in [-0.3, -0.25) is 4.90 Å². The fourth-order valence-corrected chi connectivity index (χ4v) is 3.26. The molecule has 0 atom stereocenters. The number of likely N-dealkylation sites (tertiary alicyclic amines) is 1. The summed E-state index contributed by atoms with van der Waals surface area (Å²) < 4.78 is 0. The fraction of sp³-hybridized carbons (Fsp3) is 0.500. The lowest BCUT2D eigenvalue weighted by atomic mass is 10.0. The molecule has 0 saturated carbocycles. The van der Waals surface area contributed by atoms with Crippen molar-refractivity contribution in [1.82, 2.24) is 19.8 Å². The number of imidazole rings is 1. The van der Waals surface area contributed by atoms with E-state index in [9.17, 15) is 0 Å². The SMILES string of the molecule is CN1CCC(N(CCc2ccccc2)Cc2cnc[nH]2)CC1. The topological polar surface area (TPSA) is 35.2 Å². The van der Waals surface area contributed by atoms with E-state index in [4.69, 9.17) is 0 Å². The Balaban J connectivity index is 1.63. The largest absolute Gasteiger partial charge is 0.347 e. The maximum atomic E-state index is 4.16. The van der Waals surface area contributed by atoms with Crippen molar-refractivity contribution in [3.05, 3.63) is 54.1 Å². The summed E-state index contributed by atoms with van der Waals surface area (Å²) >= 11 is 0. The Kier molecular flexibility index (Phi) is 5.24. The first-order valence-corrected chi connectivity index (χ1v) is 8.25. The highest BCUT2D eigenvalue weighted by molar-refractivity contribution is 5.15. The van der Waals surface area contributed by atoms with Gasteiger partial charge in [0.25, 0.3) is 0 Å². The summed E-state index contributed by atoms with van der Waals surface area (Å²) in [6, 6.07) is 11.5. The van der Waals surface area contributed by atoms with Gasteiger partial charge in [-0.15, -0.1) is 0 Å². The van der Waals surface area contributed by atoms with Crippen LogP contribution in [-0.2, 0) is 13.0 Å². The number of nitrogens with one attached hydrogen (secondary N) is 1. The van der Waals surface area contributed by atoms with Crippen molar-refractivity contribution >= 4 is 0 Å². The molecular formula is C18H26N4. The molecule has 1 aromatic carbocycles. The number of rotatable bonds is 6. The lowest BCUT2D eigenvalue weighted by molar-refractivity contribution is 0.114. The molecule has 4 heteroatoms. The zero-order valence-electron chi connectivity index (χ0n) is 13.4.